The minimum atomic E-state index is -0.164. The van der Waals surface area contributed by atoms with Crippen molar-refractivity contribution >= 4 is 5.97 Å². The van der Waals surface area contributed by atoms with Crippen LogP contribution < -0.4 is 0 Å². The fourth-order valence-corrected chi connectivity index (χ4v) is 5.12. The lowest BCUT2D eigenvalue weighted by Crippen LogP contribution is -2.16. The molecule has 0 bridgehead atoms. The van der Waals surface area contributed by atoms with Gasteiger partial charge in [0.2, 0.25) is 0 Å². The molecule has 206 valence electrons. The molecule has 0 spiro atoms. The fraction of sp³-hybridized carbons (Fsp3) is 0.719. The lowest BCUT2D eigenvalue weighted by Gasteiger charge is -2.23. The van der Waals surface area contributed by atoms with Gasteiger partial charge in [0.1, 0.15) is 0 Å². The van der Waals surface area contributed by atoms with Gasteiger partial charge in [-0.2, -0.15) is 0 Å². The SMILES string of the molecule is C/C=C(/OCOC)[C@H](C)C[C@@H](C)C[C@H](C)CCCOC(=O)c1c(C(C)C)cc(C(C)C)cc1C(C)C. The second-order valence-electron chi connectivity index (χ2n) is 11.6. The van der Waals surface area contributed by atoms with Crippen molar-refractivity contribution in [3.05, 3.63) is 46.2 Å². The molecule has 4 nitrogen and oxygen atoms in total. The molecule has 3 atom stereocenters. The van der Waals surface area contributed by atoms with Crippen LogP contribution in [0.1, 0.15) is 140 Å². The molecule has 0 amide bonds. The Morgan fingerprint density at radius 3 is 1.89 bits per heavy atom. The van der Waals surface area contributed by atoms with Gasteiger partial charge in [-0.1, -0.05) is 74.4 Å². The molecule has 0 saturated heterocycles. The summed E-state index contributed by atoms with van der Waals surface area (Å²) in [6, 6.07) is 4.42. The predicted octanol–water partition coefficient (Wildman–Crippen LogP) is 9.21. The maximum atomic E-state index is 13.2. The Labute approximate surface area is 222 Å². The molecule has 0 unspecified atom stereocenters. The molecule has 0 radical (unpaired) electrons. The fourth-order valence-electron chi connectivity index (χ4n) is 5.12. The molecule has 0 fully saturated rings. The van der Waals surface area contributed by atoms with Crippen LogP contribution in [0.5, 0.6) is 0 Å². The zero-order valence-corrected chi connectivity index (χ0v) is 25.1. The smallest absolute Gasteiger partial charge is 0.338 e. The highest BCUT2D eigenvalue weighted by atomic mass is 16.7. The first-order valence-corrected chi connectivity index (χ1v) is 14.0. The summed E-state index contributed by atoms with van der Waals surface area (Å²) in [7, 11) is 1.65. The van der Waals surface area contributed by atoms with E-state index in [4.69, 9.17) is 14.2 Å². The van der Waals surface area contributed by atoms with Crippen LogP contribution >= 0.6 is 0 Å². The lowest BCUT2D eigenvalue weighted by atomic mass is 9.84. The van der Waals surface area contributed by atoms with E-state index in [1.807, 2.05) is 13.0 Å². The van der Waals surface area contributed by atoms with Crippen molar-refractivity contribution < 1.29 is 19.0 Å². The molecule has 1 aromatic rings. The van der Waals surface area contributed by atoms with Crippen LogP contribution in [0, 0.1) is 17.8 Å². The lowest BCUT2D eigenvalue weighted by molar-refractivity contribution is -0.00587. The van der Waals surface area contributed by atoms with Crippen LogP contribution in [0.3, 0.4) is 0 Å². The number of hydrogen-bond donors (Lipinski definition) is 0. The Balaban J connectivity index is 2.67. The van der Waals surface area contributed by atoms with Crippen molar-refractivity contribution in [3.63, 3.8) is 0 Å². The summed E-state index contributed by atoms with van der Waals surface area (Å²) in [5.74, 6) is 3.38. The van der Waals surface area contributed by atoms with Crippen LogP contribution in [0.2, 0.25) is 0 Å². The highest BCUT2D eigenvalue weighted by Crippen LogP contribution is 2.33. The Kier molecular flexibility index (Phi) is 14.4. The standard InChI is InChI=1S/C32H54O4/c1-12-30(36-20-34-11)26(10)17-25(9)16-24(8)14-13-15-35-32(33)31-28(22(4)5)18-27(21(2)3)19-29(31)23(6)7/h12,18-19,21-26H,13-17,20H2,1-11H3/b30-12+/t24-,25+,26-/m1/s1. The number of carbonyl (C=O) groups is 1. The second kappa shape index (κ2) is 16.1. The zero-order valence-electron chi connectivity index (χ0n) is 25.1. The minimum Gasteiger partial charge on any atom is -0.472 e. The zero-order chi connectivity index (χ0) is 27.4. The van der Waals surface area contributed by atoms with Crippen molar-refractivity contribution in [2.45, 2.75) is 113 Å². The van der Waals surface area contributed by atoms with Crippen LogP contribution in [0.15, 0.2) is 24.0 Å². The van der Waals surface area contributed by atoms with Gasteiger partial charge in [-0.25, -0.2) is 4.79 Å². The Bertz CT molecular complexity index is 792. The molecule has 0 aliphatic heterocycles. The summed E-state index contributed by atoms with van der Waals surface area (Å²) in [4.78, 5) is 13.2. The van der Waals surface area contributed by atoms with Gasteiger partial charge in [0.15, 0.2) is 6.79 Å². The summed E-state index contributed by atoms with van der Waals surface area (Å²) >= 11 is 0. The average molecular weight is 503 g/mol. The van der Waals surface area contributed by atoms with E-state index in [1.165, 1.54) is 5.56 Å². The van der Waals surface area contributed by atoms with Crippen molar-refractivity contribution in [1.82, 2.24) is 0 Å². The Morgan fingerprint density at radius 1 is 0.833 bits per heavy atom. The van der Waals surface area contributed by atoms with E-state index in [1.54, 1.807) is 7.11 Å². The largest absolute Gasteiger partial charge is 0.472 e. The molecule has 4 heteroatoms. The van der Waals surface area contributed by atoms with E-state index in [9.17, 15) is 4.79 Å². The third-order valence-electron chi connectivity index (χ3n) is 7.09. The van der Waals surface area contributed by atoms with Crippen molar-refractivity contribution in [2.75, 3.05) is 20.5 Å². The number of methoxy groups -OCH3 is 1. The van der Waals surface area contributed by atoms with Crippen molar-refractivity contribution in [1.29, 1.82) is 0 Å². The second-order valence-corrected chi connectivity index (χ2v) is 11.6. The Hall–Kier alpha value is -1.81. The quantitative estimate of drug-likeness (QED) is 0.0978. The van der Waals surface area contributed by atoms with E-state index >= 15 is 0 Å². The first-order chi connectivity index (χ1) is 16.9. The van der Waals surface area contributed by atoms with Crippen LogP contribution in [-0.4, -0.2) is 26.5 Å². The van der Waals surface area contributed by atoms with Gasteiger partial charge in [0.25, 0.3) is 0 Å². The van der Waals surface area contributed by atoms with E-state index in [0.717, 1.165) is 48.1 Å². The van der Waals surface area contributed by atoms with Crippen LogP contribution in [-0.2, 0) is 14.2 Å². The normalized spacial score (nSPS) is 14.9. The average Bonchev–Trinajstić information content (AvgIpc) is 2.80. The maximum absolute atomic E-state index is 13.2. The van der Waals surface area contributed by atoms with Crippen molar-refractivity contribution in [2.24, 2.45) is 17.8 Å². The number of rotatable bonds is 16. The first-order valence-electron chi connectivity index (χ1n) is 14.0. The number of benzene rings is 1. The monoisotopic (exact) mass is 502 g/mol. The molecule has 0 saturated carbocycles. The van der Waals surface area contributed by atoms with Crippen LogP contribution in [0.25, 0.3) is 0 Å². The highest BCUT2D eigenvalue weighted by molar-refractivity contribution is 5.93. The maximum Gasteiger partial charge on any atom is 0.338 e. The van der Waals surface area contributed by atoms with Crippen molar-refractivity contribution in [3.8, 4) is 0 Å². The first kappa shape index (κ1) is 32.2. The summed E-state index contributed by atoms with van der Waals surface area (Å²) in [6.45, 7) is 22.7. The summed E-state index contributed by atoms with van der Waals surface area (Å²) < 4.78 is 16.6. The third-order valence-corrected chi connectivity index (χ3v) is 7.09. The number of allylic oxidation sites excluding steroid dienone is 2. The van der Waals surface area contributed by atoms with Gasteiger partial charge < -0.3 is 14.2 Å². The number of esters is 1. The molecule has 0 N–H and O–H groups in total. The summed E-state index contributed by atoms with van der Waals surface area (Å²) in [5.41, 5.74) is 4.31. The highest BCUT2D eigenvalue weighted by Gasteiger charge is 2.23. The van der Waals surface area contributed by atoms with Gasteiger partial charge in [-0.15, -0.1) is 0 Å². The van der Waals surface area contributed by atoms with Gasteiger partial charge >= 0.3 is 5.97 Å². The van der Waals surface area contributed by atoms with Gasteiger partial charge in [0, 0.05) is 13.0 Å². The topological polar surface area (TPSA) is 44.8 Å². The van der Waals surface area contributed by atoms with E-state index < -0.39 is 0 Å². The number of ether oxygens (including phenoxy) is 3. The third kappa shape index (κ3) is 10.3. The number of hydrogen-bond acceptors (Lipinski definition) is 4. The predicted molar refractivity (Wildman–Crippen MR) is 152 cm³/mol. The van der Waals surface area contributed by atoms with Gasteiger partial charge in [-0.3, -0.25) is 0 Å². The molecular formula is C32H54O4. The summed E-state index contributed by atoms with van der Waals surface area (Å²) in [5, 5.41) is 0. The number of carbonyl (C=O) groups excluding carboxylic acids is 1. The minimum absolute atomic E-state index is 0.164. The molecule has 0 aliphatic rings. The molecule has 36 heavy (non-hydrogen) atoms. The molecular weight excluding hydrogens is 448 g/mol. The van der Waals surface area contributed by atoms with Gasteiger partial charge in [0.05, 0.1) is 17.9 Å². The molecule has 0 aromatic heterocycles. The van der Waals surface area contributed by atoms with Crippen LogP contribution in [0.4, 0.5) is 0 Å². The van der Waals surface area contributed by atoms with E-state index in [0.29, 0.717) is 37.1 Å². The van der Waals surface area contributed by atoms with E-state index in [-0.39, 0.29) is 17.8 Å². The Morgan fingerprint density at radius 2 is 1.42 bits per heavy atom. The molecule has 0 heterocycles. The molecule has 1 aromatic carbocycles. The van der Waals surface area contributed by atoms with E-state index in [2.05, 4.69) is 74.4 Å². The van der Waals surface area contributed by atoms with Gasteiger partial charge in [-0.05, 0) is 85.0 Å². The molecule has 1 rings (SSSR count). The molecule has 0 aliphatic carbocycles. The summed E-state index contributed by atoms with van der Waals surface area (Å²) in [6.07, 6.45) is 6.24.